The SMILES string of the molecule is O=C(O)c1nc(-c2ccccn2)nc(O)c1OCc1ccccc1. The van der Waals surface area contributed by atoms with Crippen LogP contribution in [0.3, 0.4) is 0 Å². The average molecular weight is 323 g/mol. The number of carboxylic acids is 1. The highest BCUT2D eigenvalue weighted by molar-refractivity contribution is 5.90. The standard InChI is InChI=1S/C17H13N3O4/c21-16-14(24-10-11-6-2-1-3-7-11)13(17(22)23)19-15(20-16)12-8-4-5-9-18-12/h1-9H,10H2,(H,22,23)(H,19,20,21). The van der Waals surface area contributed by atoms with Crippen LogP contribution in [0.25, 0.3) is 11.5 Å². The van der Waals surface area contributed by atoms with Gasteiger partial charge in [-0.3, -0.25) is 4.98 Å². The molecule has 0 fully saturated rings. The number of hydrogen-bond acceptors (Lipinski definition) is 6. The second-order valence-corrected chi connectivity index (χ2v) is 4.84. The van der Waals surface area contributed by atoms with Gasteiger partial charge >= 0.3 is 5.97 Å². The normalized spacial score (nSPS) is 10.3. The van der Waals surface area contributed by atoms with E-state index in [-0.39, 0.29) is 18.2 Å². The molecule has 0 spiro atoms. The van der Waals surface area contributed by atoms with Gasteiger partial charge in [0.1, 0.15) is 12.3 Å². The summed E-state index contributed by atoms with van der Waals surface area (Å²) in [5.41, 5.74) is 0.756. The van der Waals surface area contributed by atoms with Crippen molar-refractivity contribution < 1.29 is 19.7 Å². The van der Waals surface area contributed by atoms with Crippen molar-refractivity contribution in [3.05, 3.63) is 66.0 Å². The number of aromatic nitrogens is 3. The maximum absolute atomic E-state index is 11.5. The molecule has 120 valence electrons. The van der Waals surface area contributed by atoms with Crippen LogP contribution in [0.2, 0.25) is 0 Å². The minimum absolute atomic E-state index is 0.0116. The lowest BCUT2D eigenvalue weighted by molar-refractivity contribution is 0.0683. The minimum Gasteiger partial charge on any atom is -0.491 e. The van der Waals surface area contributed by atoms with E-state index in [0.717, 1.165) is 5.56 Å². The maximum atomic E-state index is 11.5. The number of benzene rings is 1. The number of rotatable bonds is 5. The number of hydrogen-bond donors (Lipinski definition) is 2. The van der Waals surface area contributed by atoms with E-state index in [9.17, 15) is 15.0 Å². The lowest BCUT2D eigenvalue weighted by Crippen LogP contribution is -2.09. The Morgan fingerprint density at radius 2 is 1.79 bits per heavy atom. The maximum Gasteiger partial charge on any atom is 0.358 e. The second kappa shape index (κ2) is 6.74. The van der Waals surface area contributed by atoms with Gasteiger partial charge in [0.2, 0.25) is 5.75 Å². The second-order valence-electron chi connectivity index (χ2n) is 4.84. The van der Waals surface area contributed by atoms with E-state index in [2.05, 4.69) is 15.0 Å². The summed E-state index contributed by atoms with van der Waals surface area (Å²) in [7, 11) is 0. The molecule has 1 aromatic carbocycles. The van der Waals surface area contributed by atoms with Crippen molar-refractivity contribution in [2.45, 2.75) is 6.61 Å². The van der Waals surface area contributed by atoms with Crippen LogP contribution in [0.5, 0.6) is 11.6 Å². The molecular formula is C17H13N3O4. The first-order valence-electron chi connectivity index (χ1n) is 7.07. The van der Waals surface area contributed by atoms with Crippen molar-refractivity contribution in [2.75, 3.05) is 0 Å². The summed E-state index contributed by atoms with van der Waals surface area (Å²) >= 11 is 0. The Labute approximate surface area is 137 Å². The number of aromatic hydroxyl groups is 1. The summed E-state index contributed by atoms with van der Waals surface area (Å²) < 4.78 is 5.43. The number of aromatic carboxylic acids is 1. The van der Waals surface area contributed by atoms with Gasteiger partial charge in [-0.25, -0.2) is 9.78 Å². The fraction of sp³-hybridized carbons (Fsp3) is 0.0588. The number of carbonyl (C=O) groups is 1. The monoisotopic (exact) mass is 323 g/mol. The molecule has 0 aliphatic heterocycles. The summed E-state index contributed by atoms with van der Waals surface area (Å²) in [6.07, 6.45) is 1.52. The van der Waals surface area contributed by atoms with E-state index >= 15 is 0 Å². The van der Waals surface area contributed by atoms with E-state index in [4.69, 9.17) is 4.74 Å². The summed E-state index contributed by atoms with van der Waals surface area (Å²) in [4.78, 5) is 23.4. The number of nitrogens with zero attached hydrogens (tertiary/aromatic N) is 3. The van der Waals surface area contributed by atoms with Crippen molar-refractivity contribution in [3.63, 3.8) is 0 Å². The van der Waals surface area contributed by atoms with Gasteiger partial charge in [-0.2, -0.15) is 4.98 Å². The van der Waals surface area contributed by atoms with Crippen LogP contribution in [-0.2, 0) is 6.61 Å². The highest BCUT2D eigenvalue weighted by atomic mass is 16.5. The molecule has 2 aromatic heterocycles. The van der Waals surface area contributed by atoms with Gasteiger partial charge < -0.3 is 14.9 Å². The predicted molar refractivity (Wildman–Crippen MR) is 84.7 cm³/mol. The van der Waals surface area contributed by atoms with Gasteiger partial charge in [0.25, 0.3) is 5.88 Å². The molecule has 0 aliphatic rings. The van der Waals surface area contributed by atoms with E-state index < -0.39 is 17.5 Å². The molecule has 0 aliphatic carbocycles. The summed E-state index contributed by atoms with van der Waals surface area (Å²) in [6.45, 7) is 0.0843. The zero-order valence-electron chi connectivity index (χ0n) is 12.5. The molecule has 0 atom stereocenters. The molecule has 3 rings (SSSR count). The highest BCUT2D eigenvalue weighted by Gasteiger charge is 2.22. The molecule has 0 saturated carbocycles. The predicted octanol–water partition coefficient (Wildman–Crippen LogP) is 2.52. The van der Waals surface area contributed by atoms with Gasteiger partial charge in [-0.15, -0.1) is 0 Å². The third-order valence-electron chi connectivity index (χ3n) is 3.17. The first-order chi connectivity index (χ1) is 11.6. The van der Waals surface area contributed by atoms with Crippen LogP contribution >= 0.6 is 0 Å². The van der Waals surface area contributed by atoms with Crippen molar-refractivity contribution in [1.82, 2.24) is 15.0 Å². The van der Waals surface area contributed by atoms with Gasteiger partial charge in [0, 0.05) is 6.20 Å². The fourth-order valence-corrected chi connectivity index (χ4v) is 2.06. The fourth-order valence-electron chi connectivity index (χ4n) is 2.06. The zero-order valence-corrected chi connectivity index (χ0v) is 12.5. The Morgan fingerprint density at radius 1 is 1.04 bits per heavy atom. The van der Waals surface area contributed by atoms with Gasteiger partial charge in [0.15, 0.2) is 11.5 Å². The van der Waals surface area contributed by atoms with Crippen LogP contribution in [0, 0.1) is 0 Å². The lowest BCUT2D eigenvalue weighted by Gasteiger charge is -2.11. The van der Waals surface area contributed by atoms with E-state index in [1.54, 1.807) is 18.2 Å². The Hall–Kier alpha value is -3.48. The summed E-state index contributed by atoms with van der Waals surface area (Å²) in [6, 6.07) is 14.2. The minimum atomic E-state index is -1.33. The molecule has 2 heterocycles. The number of pyridine rings is 1. The van der Waals surface area contributed by atoms with Crippen LogP contribution in [0.1, 0.15) is 16.1 Å². The first-order valence-corrected chi connectivity index (χ1v) is 7.07. The Kier molecular flexibility index (Phi) is 4.33. The molecule has 2 N–H and O–H groups in total. The van der Waals surface area contributed by atoms with Crippen LogP contribution in [-0.4, -0.2) is 31.1 Å². The number of ether oxygens (including phenoxy) is 1. The van der Waals surface area contributed by atoms with Crippen molar-refractivity contribution >= 4 is 5.97 Å². The zero-order chi connectivity index (χ0) is 16.9. The number of carboxylic acid groups (broad SMARTS) is 1. The van der Waals surface area contributed by atoms with Crippen LogP contribution in [0.4, 0.5) is 0 Å². The molecule has 0 amide bonds. The molecule has 7 nitrogen and oxygen atoms in total. The topological polar surface area (TPSA) is 105 Å². The molecule has 3 aromatic rings. The van der Waals surface area contributed by atoms with Crippen molar-refractivity contribution in [3.8, 4) is 23.1 Å². The first kappa shape index (κ1) is 15.4. The molecule has 0 unspecified atom stereocenters. The Bertz CT molecular complexity index is 854. The lowest BCUT2D eigenvalue weighted by atomic mass is 10.2. The van der Waals surface area contributed by atoms with Crippen LogP contribution < -0.4 is 4.74 Å². The van der Waals surface area contributed by atoms with Gasteiger partial charge in [-0.05, 0) is 17.7 Å². The molecule has 24 heavy (non-hydrogen) atoms. The average Bonchev–Trinajstić information content (AvgIpc) is 2.61. The van der Waals surface area contributed by atoms with Crippen LogP contribution in [0.15, 0.2) is 54.7 Å². The quantitative estimate of drug-likeness (QED) is 0.743. The molecule has 0 bridgehead atoms. The summed E-state index contributed by atoms with van der Waals surface area (Å²) in [5, 5.41) is 19.5. The Morgan fingerprint density at radius 3 is 2.46 bits per heavy atom. The van der Waals surface area contributed by atoms with E-state index in [1.165, 1.54) is 6.20 Å². The summed E-state index contributed by atoms with van der Waals surface area (Å²) in [5.74, 6) is -2.13. The third-order valence-corrected chi connectivity index (χ3v) is 3.17. The highest BCUT2D eigenvalue weighted by Crippen LogP contribution is 2.30. The third kappa shape index (κ3) is 3.30. The molecule has 0 saturated heterocycles. The van der Waals surface area contributed by atoms with Gasteiger partial charge in [-0.1, -0.05) is 36.4 Å². The molecule has 0 radical (unpaired) electrons. The smallest absolute Gasteiger partial charge is 0.358 e. The molecule has 7 heteroatoms. The van der Waals surface area contributed by atoms with E-state index in [1.807, 2.05) is 30.3 Å². The largest absolute Gasteiger partial charge is 0.491 e. The van der Waals surface area contributed by atoms with Crippen molar-refractivity contribution in [2.24, 2.45) is 0 Å². The van der Waals surface area contributed by atoms with E-state index in [0.29, 0.717) is 5.69 Å². The van der Waals surface area contributed by atoms with Gasteiger partial charge in [0.05, 0.1) is 0 Å². The molecular weight excluding hydrogens is 310 g/mol. The van der Waals surface area contributed by atoms with Crippen molar-refractivity contribution in [1.29, 1.82) is 0 Å². The Balaban J connectivity index is 1.95.